The molecule has 2 N–H and O–H groups in total. The van der Waals surface area contributed by atoms with E-state index in [1.165, 1.54) is 26.0 Å². The molecule has 9 heteroatoms. The van der Waals surface area contributed by atoms with Gasteiger partial charge in [0.15, 0.2) is 0 Å². The number of carbonyl (C=O) groups excluding carboxylic acids is 3. The topological polar surface area (TPSA) is 97.0 Å². The molecule has 2 unspecified atom stereocenters. The van der Waals surface area contributed by atoms with Gasteiger partial charge >= 0.3 is 5.97 Å². The Bertz CT molecular complexity index is 752. The predicted molar refractivity (Wildman–Crippen MR) is 117 cm³/mol. The maximum Gasteiger partial charge on any atom is 0.303 e. The molecule has 168 valence electrons. The smallest absolute Gasteiger partial charge is 0.303 e. The van der Waals surface area contributed by atoms with Crippen LogP contribution < -0.4 is 15.4 Å². The molecule has 0 aliphatic carbocycles. The molecule has 0 fully saturated rings. The number of benzene rings is 1. The van der Waals surface area contributed by atoms with Crippen LogP contribution in [0.15, 0.2) is 12.1 Å². The van der Waals surface area contributed by atoms with Gasteiger partial charge in [-0.05, 0) is 33.0 Å². The number of hydrogen-bond donors (Lipinski definition) is 2. The minimum atomic E-state index is -0.541. The fraction of sp³-hybridized carbons (Fsp3) is 0.571. The third-order valence-corrected chi connectivity index (χ3v) is 4.87. The van der Waals surface area contributed by atoms with E-state index in [0.29, 0.717) is 18.8 Å². The standard InChI is InChI=1S/C21H32ClN3O5/c1-7-25(8-2)10-9-23-21(28)17-11-18(22)19(24-15(5)26)12-20(17)30-14(4)13(3)29-16(6)27/h11-14H,7-10H2,1-6H3,(H,23,28)(H,24,26). The lowest BCUT2D eigenvalue weighted by Gasteiger charge is -2.23. The Hall–Kier alpha value is -2.32. The highest BCUT2D eigenvalue weighted by atomic mass is 35.5. The summed E-state index contributed by atoms with van der Waals surface area (Å²) in [4.78, 5) is 37.7. The molecular formula is C21H32ClN3O5. The van der Waals surface area contributed by atoms with Crippen molar-refractivity contribution in [2.24, 2.45) is 0 Å². The van der Waals surface area contributed by atoms with E-state index in [9.17, 15) is 14.4 Å². The van der Waals surface area contributed by atoms with E-state index in [1.807, 2.05) is 0 Å². The van der Waals surface area contributed by atoms with E-state index < -0.39 is 18.2 Å². The number of nitrogens with zero attached hydrogens (tertiary/aromatic N) is 1. The first kappa shape index (κ1) is 25.7. The van der Waals surface area contributed by atoms with Crippen molar-refractivity contribution < 1.29 is 23.9 Å². The number of ether oxygens (including phenoxy) is 2. The largest absolute Gasteiger partial charge is 0.486 e. The number of nitrogens with one attached hydrogen (secondary N) is 2. The van der Waals surface area contributed by atoms with Gasteiger partial charge in [0.25, 0.3) is 5.91 Å². The van der Waals surface area contributed by atoms with Gasteiger partial charge in [-0.3, -0.25) is 14.4 Å². The number of rotatable bonds is 11. The van der Waals surface area contributed by atoms with Crippen LogP contribution in [-0.4, -0.2) is 61.1 Å². The number of amides is 2. The molecule has 0 spiro atoms. The molecule has 0 bridgehead atoms. The molecule has 1 aromatic rings. The summed E-state index contributed by atoms with van der Waals surface area (Å²) in [5, 5.41) is 5.70. The third kappa shape index (κ3) is 8.20. The summed E-state index contributed by atoms with van der Waals surface area (Å²) in [6.45, 7) is 13.2. The number of hydrogen-bond acceptors (Lipinski definition) is 6. The summed E-state index contributed by atoms with van der Waals surface area (Å²) >= 11 is 6.26. The molecule has 0 saturated carbocycles. The van der Waals surface area contributed by atoms with E-state index in [1.54, 1.807) is 13.8 Å². The van der Waals surface area contributed by atoms with Gasteiger partial charge in [0, 0.05) is 33.0 Å². The molecule has 0 aromatic heterocycles. The Morgan fingerprint density at radius 2 is 1.73 bits per heavy atom. The van der Waals surface area contributed by atoms with E-state index in [2.05, 4.69) is 29.4 Å². The average Bonchev–Trinajstić information content (AvgIpc) is 2.66. The second kappa shape index (κ2) is 12.4. The molecule has 0 saturated heterocycles. The maximum atomic E-state index is 12.8. The predicted octanol–water partition coefficient (Wildman–Crippen LogP) is 3.09. The molecule has 2 amide bonds. The van der Waals surface area contributed by atoms with Crippen molar-refractivity contribution in [3.8, 4) is 5.75 Å². The van der Waals surface area contributed by atoms with Crippen LogP contribution >= 0.6 is 11.6 Å². The van der Waals surface area contributed by atoms with Gasteiger partial charge in [-0.25, -0.2) is 0 Å². The fourth-order valence-electron chi connectivity index (χ4n) is 2.73. The normalized spacial score (nSPS) is 12.8. The first-order valence-corrected chi connectivity index (χ1v) is 10.4. The second-order valence-corrected chi connectivity index (χ2v) is 7.34. The fourth-order valence-corrected chi connectivity index (χ4v) is 2.94. The van der Waals surface area contributed by atoms with Gasteiger partial charge in [0.2, 0.25) is 5.91 Å². The van der Waals surface area contributed by atoms with Crippen molar-refractivity contribution in [3.63, 3.8) is 0 Å². The molecular weight excluding hydrogens is 410 g/mol. The van der Waals surface area contributed by atoms with E-state index in [4.69, 9.17) is 21.1 Å². The highest BCUT2D eigenvalue weighted by molar-refractivity contribution is 6.34. The number of carbonyl (C=O) groups is 3. The molecule has 8 nitrogen and oxygen atoms in total. The Morgan fingerprint density at radius 1 is 1.10 bits per heavy atom. The molecule has 2 atom stereocenters. The van der Waals surface area contributed by atoms with Crippen molar-refractivity contribution in [1.82, 2.24) is 10.2 Å². The molecule has 0 radical (unpaired) electrons. The quantitative estimate of drug-likeness (QED) is 0.512. The lowest BCUT2D eigenvalue weighted by atomic mass is 10.1. The molecule has 0 aliphatic rings. The monoisotopic (exact) mass is 441 g/mol. The Kier molecular flexibility index (Phi) is 10.6. The summed E-state index contributed by atoms with van der Waals surface area (Å²) in [5.74, 6) is -0.848. The summed E-state index contributed by atoms with van der Waals surface area (Å²) in [7, 11) is 0. The van der Waals surface area contributed by atoms with Crippen LogP contribution in [0.1, 0.15) is 51.9 Å². The molecule has 1 rings (SSSR count). The van der Waals surface area contributed by atoms with Crippen molar-refractivity contribution in [2.45, 2.75) is 53.8 Å². The lowest BCUT2D eigenvalue weighted by molar-refractivity contribution is -0.149. The summed E-state index contributed by atoms with van der Waals surface area (Å²) < 4.78 is 11.1. The summed E-state index contributed by atoms with van der Waals surface area (Å²) in [6.07, 6.45) is -1.08. The van der Waals surface area contributed by atoms with Crippen LogP contribution in [0.2, 0.25) is 5.02 Å². The number of likely N-dealkylation sites (N-methyl/N-ethyl adjacent to an activating group) is 1. The van der Waals surface area contributed by atoms with Gasteiger partial charge in [0.1, 0.15) is 18.0 Å². The van der Waals surface area contributed by atoms with Crippen molar-refractivity contribution in [3.05, 3.63) is 22.7 Å². The van der Waals surface area contributed by atoms with E-state index in [0.717, 1.165) is 13.1 Å². The van der Waals surface area contributed by atoms with E-state index in [-0.39, 0.29) is 28.1 Å². The Labute approximate surface area is 183 Å². The highest BCUT2D eigenvalue weighted by Gasteiger charge is 2.22. The van der Waals surface area contributed by atoms with Gasteiger partial charge in [-0.15, -0.1) is 0 Å². The van der Waals surface area contributed by atoms with Gasteiger partial charge in [-0.2, -0.15) is 0 Å². The van der Waals surface area contributed by atoms with Crippen molar-refractivity contribution in [1.29, 1.82) is 0 Å². The first-order chi connectivity index (χ1) is 14.1. The number of esters is 1. The molecule has 30 heavy (non-hydrogen) atoms. The van der Waals surface area contributed by atoms with Gasteiger partial charge in [0.05, 0.1) is 16.3 Å². The highest BCUT2D eigenvalue weighted by Crippen LogP contribution is 2.32. The van der Waals surface area contributed by atoms with Crippen molar-refractivity contribution >= 4 is 35.1 Å². The first-order valence-electron chi connectivity index (χ1n) is 10.0. The zero-order valence-electron chi connectivity index (χ0n) is 18.5. The summed E-state index contributed by atoms with van der Waals surface area (Å²) in [6, 6.07) is 2.96. The van der Waals surface area contributed by atoms with Gasteiger partial charge in [-0.1, -0.05) is 25.4 Å². The molecule has 0 heterocycles. The summed E-state index contributed by atoms with van der Waals surface area (Å²) in [5.41, 5.74) is 0.557. The minimum Gasteiger partial charge on any atom is -0.486 e. The SMILES string of the molecule is CCN(CC)CCNC(=O)c1cc(Cl)c(NC(C)=O)cc1OC(C)C(C)OC(C)=O. The maximum absolute atomic E-state index is 12.8. The van der Waals surface area contributed by atoms with Crippen molar-refractivity contribution in [2.75, 3.05) is 31.5 Å². The Balaban J connectivity index is 3.10. The lowest BCUT2D eigenvalue weighted by Crippen LogP contribution is -2.35. The molecule has 0 aliphatic heterocycles. The van der Waals surface area contributed by atoms with Crippen LogP contribution in [0.5, 0.6) is 5.75 Å². The second-order valence-electron chi connectivity index (χ2n) is 6.93. The number of anilines is 1. The van der Waals surface area contributed by atoms with Crippen LogP contribution in [0.3, 0.4) is 0 Å². The van der Waals surface area contributed by atoms with Crippen LogP contribution in [0, 0.1) is 0 Å². The van der Waals surface area contributed by atoms with Crippen LogP contribution in [0.4, 0.5) is 5.69 Å². The average molecular weight is 442 g/mol. The minimum absolute atomic E-state index is 0.215. The van der Waals surface area contributed by atoms with Gasteiger partial charge < -0.3 is 25.0 Å². The van der Waals surface area contributed by atoms with Crippen LogP contribution in [-0.2, 0) is 14.3 Å². The zero-order chi connectivity index (χ0) is 22.8. The molecule has 1 aromatic carbocycles. The van der Waals surface area contributed by atoms with Crippen LogP contribution in [0.25, 0.3) is 0 Å². The Morgan fingerprint density at radius 3 is 2.27 bits per heavy atom. The van der Waals surface area contributed by atoms with E-state index >= 15 is 0 Å². The number of halogens is 1. The third-order valence-electron chi connectivity index (χ3n) is 4.56. The zero-order valence-corrected chi connectivity index (χ0v) is 19.3.